The smallest absolute Gasteiger partial charge is 0.407 e. The van der Waals surface area contributed by atoms with E-state index < -0.39 is 6.09 Å². The summed E-state index contributed by atoms with van der Waals surface area (Å²) in [4.78, 5) is 11.6. The highest BCUT2D eigenvalue weighted by Gasteiger charge is 2.13. The summed E-state index contributed by atoms with van der Waals surface area (Å²) in [5, 5.41) is 3.62. The molecule has 0 aliphatic heterocycles. The van der Waals surface area contributed by atoms with Gasteiger partial charge in [0.2, 0.25) is 0 Å². The molecule has 0 radical (unpaired) electrons. The fraction of sp³-hybridized carbons (Fsp3) is 0.350. The Morgan fingerprint density at radius 1 is 1.07 bits per heavy atom. The van der Waals surface area contributed by atoms with Gasteiger partial charge in [-0.3, -0.25) is 0 Å². The van der Waals surface area contributed by atoms with E-state index in [0.29, 0.717) is 40.4 Å². The van der Waals surface area contributed by atoms with Crippen LogP contribution in [0.15, 0.2) is 42.5 Å². The molecule has 1 N–H and O–H groups in total. The summed E-state index contributed by atoms with van der Waals surface area (Å²) >= 11 is 12.2. The highest BCUT2D eigenvalue weighted by atomic mass is 35.5. The summed E-state index contributed by atoms with van der Waals surface area (Å²) in [5.74, 6) is 1.68. The Morgan fingerprint density at radius 2 is 1.81 bits per heavy atom. The maximum atomic E-state index is 11.6. The lowest BCUT2D eigenvalue weighted by Crippen LogP contribution is -2.31. The third kappa shape index (κ3) is 7.97. The highest BCUT2D eigenvalue weighted by molar-refractivity contribution is 6.32. The zero-order chi connectivity index (χ0) is 19.9. The molecular weight excluding hydrogens is 389 g/mol. The monoisotopic (exact) mass is 411 g/mol. The first-order chi connectivity index (χ1) is 12.7. The lowest BCUT2D eigenvalue weighted by atomic mass is 9.99. The summed E-state index contributed by atoms with van der Waals surface area (Å²) in [6.45, 7) is 6.89. The van der Waals surface area contributed by atoms with E-state index in [-0.39, 0.29) is 12.0 Å². The van der Waals surface area contributed by atoms with Crippen LogP contribution in [0.2, 0.25) is 10.0 Å². The Morgan fingerprint density at radius 3 is 2.48 bits per heavy atom. The molecule has 0 saturated carbocycles. The molecule has 0 bridgehead atoms. The van der Waals surface area contributed by atoms with Gasteiger partial charge in [0.1, 0.15) is 23.9 Å². The fourth-order valence-corrected chi connectivity index (χ4v) is 2.38. The molecule has 0 aliphatic carbocycles. The first-order valence-corrected chi connectivity index (χ1v) is 9.25. The third-order valence-electron chi connectivity index (χ3n) is 3.20. The lowest BCUT2D eigenvalue weighted by molar-refractivity contribution is 0.105. The molecule has 2 aromatic rings. The van der Waals surface area contributed by atoms with Crippen molar-refractivity contribution < 1.29 is 19.0 Å². The van der Waals surface area contributed by atoms with Gasteiger partial charge in [-0.05, 0) is 35.7 Å². The minimum absolute atomic E-state index is 0.0731. The molecule has 5 nitrogen and oxygen atoms in total. The predicted molar refractivity (Wildman–Crippen MR) is 107 cm³/mol. The fourth-order valence-electron chi connectivity index (χ4n) is 1.98. The average molecular weight is 412 g/mol. The van der Waals surface area contributed by atoms with E-state index in [1.54, 1.807) is 42.5 Å². The molecule has 1 amide bonds. The van der Waals surface area contributed by atoms with Crippen LogP contribution < -0.4 is 14.8 Å². The van der Waals surface area contributed by atoms with Crippen LogP contribution in [0.3, 0.4) is 0 Å². The largest absolute Gasteiger partial charge is 0.490 e. The van der Waals surface area contributed by atoms with Crippen molar-refractivity contribution in [3.63, 3.8) is 0 Å². The molecule has 146 valence electrons. The summed E-state index contributed by atoms with van der Waals surface area (Å²) in [6.07, 6.45) is -0.468. The average Bonchev–Trinajstić information content (AvgIpc) is 2.58. The van der Waals surface area contributed by atoms with Crippen LogP contribution in [0.25, 0.3) is 0 Å². The van der Waals surface area contributed by atoms with Crippen molar-refractivity contribution in [2.24, 2.45) is 5.41 Å². The lowest BCUT2D eigenvalue weighted by Gasteiger charge is -2.18. The van der Waals surface area contributed by atoms with Crippen LogP contribution in [0, 0.1) is 5.41 Å². The number of amides is 1. The Balaban J connectivity index is 1.78. The van der Waals surface area contributed by atoms with E-state index >= 15 is 0 Å². The SMILES string of the molecule is CC(C)(C)COC(=O)NCCOc1ccc(Oc2cccc(Cl)c2)cc1Cl. The second kappa shape index (κ2) is 9.72. The van der Waals surface area contributed by atoms with Gasteiger partial charge in [0.05, 0.1) is 18.2 Å². The molecule has 0 aliphatic rings. The molecule has 7 heteroatoms. The van der Waals surface area contributed by atoms with Crippen LogP contribution in [-0.2, 0) is 4.74 Å². The van der Waals surface area contributed by atoms with E-state index in [4.69, 9.17) is 37.4 Å². The van der Waals surface area contributed by atoms with Crippen molar-refractivity contribution in [1.29, 1.82) is 0 Å². The number of ether oxygens (including phenoxy) is 3. The number of benzene rings is 2. The second-order valence-electron chi connectivity index (χ2n) is 7.06. The molecule has 2 aromatic carbocycles. The van der Waals surface area contributed by atoms with Crippen molar-refractivity contribution in [2.45, 2.75) is 20.8 Å². The van der Waals surface area contributed by atoms with Crippen LogP contribution in [0.5, 0.6) is 17.2 Å². The molecule has 0 heterocycles. The zero-order valence-corrected chi connectivity index (χ0v) is 17.1. The maximum Gasteiger partial charge on any atom is 0.407 e. The summed E-state index contributed by atoms with van der Waals surface area (Å²) in [7, 11) is 0. The van der Waals surface area contributed by atoms with Crippen LogP contribution >= 0.6 is 23.2 Å². The number of carbonyl (C=O) groups excluding carboxylic acids is 1. The van der Waals surface area contributed by atoms with Crippen molar-refractivity contribution in [2.75, 3.05) is 19.8 Å². The number of halogens is 2. The molecule has 0 spiro atoms. The molecule has 0 saturated heterocycles. The van der Waals surface area contributed by atoms with Crippen molar-refractivity contribution in [3.05, 3.63) is 52.5 Å². The zero-order valence-electron chi connectivity index (χ0n) is 15.6. The molecular formula is C20H23Cl2NO4. The topological polar surface area (TPSA) is 56.8 Å². The van der Waals surface area contributed by atoms with Gasteiger partial charge in [0.25, 0.3) is 0 Å². The molecule has 0 unspecified atom stereocenters. The number of rotatable bonds is 7. The number of hydrogen-bond acceptors (Lipinski definition) is 4. The van der Waals surface area contributed by atoms with Gasteiger partial charge in [0.15, 0.2) is 0 Å². The van der Waals surface area contributed by atoms with E-state index in [0.717, 1.165) is 0 Å². The van der Waals surface area contributed by atoms with Crippen LogP contribution in [0.4, 0.5) is 4.79 Å². The number of hydrogen-bond donors (Lipinski definition) is 1. The molecule has 0 fully saturated rings. The predicted octanol–water partition coefficient (Wildman–Crippen LogP) is 5.94. The van der Waals surface area contributed by atoms with Gasteiger partial charge >= 0.3 is 6.09 Å². The van der Waals surface area contributed by atoms with Crippen molar-refractivity contribution in [3.8, 4) is 17.2 Å². The van der Waals surface area contributed by atoms with Gasteiger partial charge < -0.3 is 19.5 Å². The maximum absolute atomic E-state index is 11.6. The first-order valence-electron chi connectivity index (χ1n) is 8.49. The minimum atomic E-state index is -0.468. The number of alkyl carbamates (subject to hydrolysis) is 1. The van der Waals surface area contributed by atoms with Gasteiger partial charge in [-0.1, -0.05) is 50.0 Å². The van der Waals surface area contributed by atoms with E-state index in [2.05, 4.69) is 5.32 Å². The second-order valence-corrected chi connectivity index (χ2v) is 7.91. The molecule has 27 heavy (non-hydrogen) atoms. The number of carbonyl (C=O) groups is 1. The summed E-state index contributed by atoms with van der Waals surface area (Å²) < 4.78 is 16.4. The van der Waals surface area contributed by atoms with E-state index in [9.17, 15) is 4.79 Å². The van der Waals surface area contributed by atoms with Gasteiger partial charge in [-0.25, -0.2) is 4.79 Å². The third-order valence-corrected chi connectivity index (χ3v) is 3.73. The Bertz CT molecular complexity index is 775. The Labute approximate surface area is 169 Å². The van der Waals surface area contributed by atoms with Gasteiger partial charge in [-0.2, -0.15) is 0 Å². The van der Waals surface area contributed by atoms with Gasteiger partial charge in [-0.15, -0.1) is 0 Å². The van der Waals surface area contributed by atoms with Crippen LogP contribution in [-0.4, -0.2) is 25.9 Å². The molecule has 0 aromatic heterocycles. The van der Waals surface area contributed by atoms with E-state index in [1.165, 1.54) is 0 Å². The van der Waals surface area contributed by atoms with Crippen molar-refractivity contribution in [1.82, 2.24) is 5.32 Å². The van der Waals surface area contributed by atoms with Crippen molar-refractivity contribution >= 4 is 29.3 Å². The summed E-state index contributed by atoms with van der Waals surface area (Å²) in [5.41, 5.74) is -0.0731. The van der Waals surface area contributed by atoms with Crippen LogP contribution in [0.1, 0.15) is 20.8 Å². The molecule has 2 rings (SSSR count). The Kier molecular flexibility index (Phi) is 7.63. The standard InChI is InChI=1S/C20H23Cl2NO4/c1-20(2,3)13-26-19(24)23-9-10-25-18-8-7-16(12-17(18)22)27-15-6-4-5-14(21)11-15/h4-8,11-12H,9-10,13H2,1-3H3,(H,23,24). The minimum Gasteiger partial charge on any atom is -0.490 e. The highest BCUT2D eigenvalue weighted by Crippen LogP contribution is 2.31. The summed E-state index contributed by atoms with van der Waals surface area (Å²) in [6, 6.07) is 12.2. The van der Waals surface area contributed by atoms with Gasteiger partial charge in [0, 0.05) is 11.1 Å². The Hall–Kier alpha value is -2.11. The first kappa shape index (κ1) is 21.2. The quantitative estimate of drug-likeness (QED) is 0.572. The van der Waals surface area contributed by atoms with E-state index in [1.807, 2.05) is 20.8 Å². The number of nitrogens with one attached hydrogen (secondary N) is 1. The normalized spacial score (nSPS) is 11.0. The molecule has 0 atom stereocenters.